The molecule has 2 aliphatic heterocycles. The largest absolute Gasteiger partial charge is 0.456 e. The average molecular weight is 378 g/mol. The zero-order chi connectivity index (χ0) is 19.9. The van der Waals surface area contributed by atoms with E-state index in [4.69, 9.17) is 4.74 Å². The molecule has 1 spiro atoms. The van der Waals surface area contributed by atoms with Crippen LogP contribution in [0.1, 0.15) is 63.4 Å². The number of unbranched alkanes of at least 4 members (excludes halogenated alkanes) is 3. The van der Waals surface area contributed by atoms with Crippen molar-refractivity contribution in [2.75, 3.05) is 11.4 Å². The highest BCUT2D eigenvalue weighted by Crippen LogP contribution is 2.54. The molecule has 0 amide bonds. The van der Waals surface area contributed by atoms with E-state index in [1.54, 1.807) is 0 Å². The average Bonchev–Trinajstić information content (AvgIpc) is 2.87. The van der Waals surface area contributed by atoms with E-state index in [-0.39, 0.29) is 5.41 Å². The SMILES string of the molecule is CCCCCCN1c2ccccc2C(C)(C)C12C=Cc1c(ccc(C)[n+]1C)O2. The van der Waals surface area contributed by atoms with Gasteiger partial charge in [-0.05, 0) is 44.0 Å². The van der Waals surface area contributed by atoms with Gasteiger partial charge in [0.1, 0.15) is 7.05 Å². The smallest absolute Gasteiger partial charge is 0.247 e. The van der Waals surface area contributed by atoms with E-state index in [1.807, 2.05) is 0 Å². The lowest BCUT2D eigenvalue weighted by Gasteiger charge is -2.46. The van der Waals surface area contributed by atoms with E-state index in [0.717, 1.165) is 18.0 Å². The molecule has 1 atom stereocenters. The van der Waals surface area contributed by atoms with Crippen LogP contribution in [0.5, 0.6) is 5.75 Å². The van der Waals surface area contributed by atoms with Gasteiger partial charge >= 0.3 is 0 Å². The van der Waals surface area contributed by atoms with Crippen molar-refractivity contribution in [2.24, 2.45) is 7.05 Å². The zero-order valence-corrected chi connectivity index (χ0v) is 18.0. The third-order valence-electron chi connectivity index (χ3n) is 6.75. The summed E-state index contributed by atoms with van der Waals surface area (Å²) >= 11 is 0. The van der Waals surface area contributed by atoms with Crippen molar-refractivity contribution >= 4 is 11.8 Å². The number of rotatable bonds is 5. The molecular weight excluding hydrogens is 344 g/mol. The van der Waals surface area contributed by atoms with Crippen LogP contribution in [0.4, 0.5) is 5.69 Å². The molecule has 0 radical (unpaired) electrons. The Bertz CT molecular complexity index is 915. The normalized spacial score (nSPS) is 21.5. The van der Waals surface area contributed by atoms with Crippen molar-refractivity contribution in [3.8, 4) is 5.75 Å². The number of para-hydroxylation sites is 1. The van der Waals surface area contributed by atoms with Gasteiger partial charge in [0, 0.05) is 31.3 Å². The molecule has 0 aliphatic carbocycles. The predicted molar refractivity (Wildman–Crippen MR) is 116 cm³/mol. The van der Waals surface area contributed by atoms with Gasteiger partial charge in [-0.3, -0.25) is 0 Å². The standard InChI is InChI=1S/C25H33N2O/c1-6-7-8-11-18-27-21-13-10-9-12-20(21)24(3,4)25(27)17-16-22-23(28-25)15-14-19(2)26(22)5/h9-10,12-17H,6-8,11,18H2,1-5H3/q+1. The summed E-state index contributed by atoms with van der Waals surface area (Å²) in [5.74, 6) is 0.968. The molecule has 0 fully saturated rings. The molecule has 2 aromatic rings. The Kier molecular flexibility index (Phi) is 4.73. The van der Waals surface area contributed by atoms with Crippen LogP contribution in [-0.4, -0.2) is 12.3 Å². The number of ether oxygens (including phenoxy) is 1. The molecule has 1 aromatic heterocycles. The predicted octanol–water partition coefficient (Wildman–Crippen LogP) is 5.30. The number of nitrogens with zero attached hydrogens (tertiary/aromatic N) is 2. The molecule has 0 bridgehead atoms. The lowest BCUT2D eigenvalue weighted by Crippen LogP contribution is -2.60. The van der Waals surface area contributed by atoms with E-state index >= 15 is 0 Å². The van der Waals surface area contributed by atoms with Crippen molar-refractivity contribution in [3.63, 3.8) is 0 Å². The molecule has 2 aliphatic rings. The highest BCUT2D eigenvalue weighted by molar-refractivity contribution is 5.71. The van der Waals surface area contributed by atoms with Gasteiger partial charge in [-0.15, -0.1) is 0 Å². The van der Waals surface area contributed by atoms with Crippen LogP contribution in [0.3, 0.4) is 0 Å². The molecule has 1 unspecified atom stereocenters. The van der Waals surface area contributed by atoms with Crippen LogP contribution in [0.15, 0.2) is 42.5 Å². The van der Waals surface area contributed by atoms with Gasteiger partial charge < -0.3 is 9.64 Å². The topological polar surface area (TPSA) is 16.4 Å². The number of hydrogen-bond donors (Lipinski definition) is 0. The summed E-state index contributed by atoms with van der Waals surface area (Å²) in [6.45, 7) is 10.1. The van der Waals surface area contributed by atoms with E-state index < -0.39 is 5.72 Å². The van der Waals surface area contributed by atoms with Crippen molar-refractivity contribution in [1.29, 1.82) is 0 Å². The summed E-state index contributed by atoms with van der Waals surface area (Å²) in [6, 6.07) is 13.1. The third-order valence-corrected chi connectivity index (χ3v) is 6.75. The van der Waals surface area contributed by atoms with Crippen LogP contribution in [-0.2, 0) is 12.5 Å². The van der Waals surface area contributed by atoms with Gasteiger partial charge in [-0.2, -0.15) is 4.57 Å². The second kappa shape index (κ2) is 6.95. The number of aromatic nitrogens is 1. The zero-order valence-electron chi connectivity index (χ0n) is 18.0. The first-order valence-corrected chi connectivity index (χ1v) is 10.7. The van der Waals surface area contributed by atoms with Crippen molar-refractivity contribution < 1.29 is 9.30 Å². The second-order valence-corrected chi connectivity index (χ2v) is 8.77. The summed E-state index contributed by atoms with van der Waals surface area (Å²) in [5, 5.41) is 0. The Morgan fingerprint density at radius 3 is 2.61 bits per heavy atom. The summed E-state index contributed by atoms with van der Waals surface area (Å²) in [6.07, 6.45) is 9.56. The Labute approximate surface area is 169 Å². The molecule has 4 rings (SSSR count). The minimum atomic E-state index is -0.488. The highest BCUT2D eigenvalue weighted by Gasteiger charge is 2.59. The number of fused-ring (bicyclic) bond motifs is 2. The Balaban J connectivity index is 1.79. The van der Waals surface area contributed by atoms with Crippen LogP contribution in [0.25, 0.3) is 6.08 Å². The third kappa shape index (κ3) is 2.67. The van der Waals surface area contributed by atoms with Crippen molar-refractivity contribution in [1.82, 2.24) is 0 Å². The molecular formula is C25H33N2O+. The molecule has 1 aromatic carbocycles. The first-order valence-electron chi connectivity index (χ1n) is 10.7. The van der Waals surface area contributed by atoms with E-state index in [2.05, 4.69) is 92.8 Å². The minimum absolute atomic E-state index is 0.147. The lowest BCUT2D eigenvalue weighted by atomic mass is 9.76. The van der Waals surface area contributed by atoms with Gasteiger partial charge in [0.2, 0.25) is 11.4 Å². The summed E-state index contributed by atoms with van der Waals surface area (Å²) < 4.78 is 9.11. The maximum Gasteiger partial charge on any atom is 0.247 e. The number of pyridine rings is 1. The van der Waals surface area contributed by atoms with Crippen LogP contribution >= 0.6 is 0 Å². The fraction of sp³-hybridized carbons (Fsp3) is 0.480. The highest BCUT2D eigenvalue weighted by atomic mass is 16.5. The number of benzene rings is 1. The maximum atomic E-state index is 6.90. The fourth-order valence-corrected chi connectivity index (χ4v) is 4.83. The monoisotopic (exact) mass is 377 g/mol. The van der Waals surface area contributed by atoms with Gasteiger partial charge in [0.05, 0.1) is 5.41 Å². The minimum Gasteiger partial charge on any atom is -0.456 e. The van der Waals surface area contributed by atoms with Gasteiger partial charge in [0.15, 0.2) is 11.4 Å². The van der Waals surface area contributed by atoms with E-state index in [0.29, 0.717) is 0 Å². The van der Waals surface area contributed by atoms with E-state index in [1.165, 1.54) is 42.6 Å². The number of aryl methyl sites for hydroxylation is 1. The van der Waals surface area contributed by atoms with Crippen LogP contribution < -0.4 is 14.2 Å². The summed E-state index contributed by atoms with van der Waals surface area (Å²) in [4.78, 5) is 2.51. The number of hydrogen-bond acceptors (Lipinski definition) is 2. The molecule has 28 heavy (non-hydrogen) atoms. The molecule has 0 saturated carbocycles. The molecule has 0 N–H and O–H groups in total. The van der Waals surface area contributed by atoms with Gasteiger partial charge in [-0.1, -0.05) is 44.4 Å². The molecule has 3 heteroatoms. The first-order chi connectivity index (χ1) is 13.4. The Hall–Kier alpha value is -2.29. The first kappa shape index (κ1) is 19.0. The number of anilines is 1. The lowest BCUT2D eigenvalue weighted by molar-refractivity contribution is -0.680. The molecule has 0 saturated heterocycles. The molecule has 3 heterocycles. The van der Waals surface area contributed by atoms with E-state index in [9.17, 15) is 0 Å². The van der Waals surface area contributed by atoms with Gasteiger partial charge in [0.25, 0.3) is 0 Å². The molecule has 148 valence electrons. The summed E-state index contributed by atoms with van der Waals surface area (Å²) in [5.41, 5.74) is 4.42. The fourth-order valence-electron chi connectivity index (χ4n) is 4.83. The van der Waals surface area contributed by atoms with Crippen molar-refractivity contribution in [2.45, 2.75) is 64.5 Å². The maximum absolute atomic E-state index is 6.90. The van der Waals surface area contributed by atoms with Crippen LogP contribution in [0, 0.1) is 6.92 Å². The Morgan fingerprint density at radius 2 is 1.82 bits per heavy atom. The van der Waals surface area contributed by atoms with Gasteiger partial charge in [-0.25, -0.2) is 0 Å². The quantitative estimate of drug-likeness (QED) is 0.519. The summed E-state index contributed by atoms with van der Waals surface area (Å²) in [7, 11) is 2.11. The second-order valence-electron chi connectivity index (χ2n) is 8.77. The Morgan fingerprint density at radius 1 is 1.04 bits per heavy atom. The van der Waals surface area contributed by atoms with Crippen molar-refractivity contribution in [3.05, 3.63) is 59.4 Å². The van der Waals surface area contributed by atoms with Crippen LogP contribution in [0.2, 0.25) is 0 Å². The molecule has 3 nitrogen and oxygen atoms in total.